The van der Waals surface area contributed by atoms with Crippen LogP contribution in [-0.2, 0) is 0 Å². The highest BCUT2D eigenvalue weighted by atomic mass is 16.3. The molecule has 2 heteroatoms. The van der Waals surface area contributed by atoms with Crippen molar-refractivity contribution in [2.75, 3.05) is 6.54 Å². The van der Waals surface area contributed by atoms with E-state index in [1.54, 1.807) is 0 Å². The Balaban J connectivity index is 2.86. The monoisotopic (exact) mass is 217 g/mol. The molecule has 1 unspecified atom stereocenters. The Bertz CT molecular complexity index is 426. The number of rotatable bonds is 3. The molecule has 0 aliphatic heterocycles. The van der Waals surface area contributed by atoms with Gasteiger partial charge in [-0.05, 0) is 38.8 Å². The van der Waals surface area contributed by atoms with Gasteiger partial charge in [-0.25, -0.2) is 0 Å². The third-order valence-corrected chi connectivity index (χ3v) is 2.87. The topological polar surface area (TPSA) is 32.3 Å². The fourth-order valence-corrected chi connectivity index (χ4v) is 1.57. The van der Waals surface area contributed by atoms with Gasteiger partial charge in [0.2, 0.25) is 0 Å². The molecule has 16 heavy (non-hydrogen) atoms. The number of benzene rings is 1. The molecule has 86 valence electrons. The van der Waals surface area contributed by atoms with Gasteiger partial charge in [0, 0.05) is 11.6 Å². The SMILES string of the molecule is CC#CCNC(C)c1ccc(C)c(C)c1O. The van der Waals surface area contributed by atoms with Crippen LogP contribution < -0.4 is 5.32 Å². The van der Waals surface area contributed by atoms with Gasteiger partial charge in [-0.3, -0.25) is 5.32 Å². The Morgan fingerprint density at radius 1 is 1.38 bits per heavy atom. The molecular formula is C14H19NO. The summed E-state index contributed by atoms with van der Waals surface area (Å²) in [6.07, 6.45) is 0. The predicted octanol–water partition coefficient (Wildman–Crippen LogP) is 2.68. The van der Waals surface area contributed by atoms with Crippen molar-refractivity contribution < 1.29 is 5.11 Å². The lowest BCUT2D eigenvalue weighted by atomic mass is 10.00. The first-order valence-electron chi connectivity index (χ1n) is 5.50. The summed E-state index contributed by atoms with van der Waals surface area (Å²) in [4.78, 5) is 0. The van der Waals surface area contributed by atoms with E-state index >= 15 is 0 Å². The maximum absolute atomic E-state index is 10.0. The zero-order valence-corrected chi connectivity index (χ0v) is 10.4. The van der Waals surface area contributed by atoms with Gasteiger partial charge in [-0.15, -0.1) is 5.92 Å². The summed E-state index contributed by atoms with van der Waals surface area (Å²) in [6.45, 7) is 8.43. The molecule has 1 aromatic carbocycles. The van der Waals surface area contributed by atoms with Gasteiger partial charge in [0.05, 0.1) is 6.54 Å². The fourth-order valence-electron chi connectivity index (χ4n) is 1.57. The number of hydrogen-bond acceptors (Lipinski definition) is 2. The van der Waals surface area contributed by atoms with Gasteiger partial charge >= 0.3 is 0 Å². The second-order valence-corrected chi connectivity index (χ2v) is 3.97. The van der Waals surface area contributed by atoms with E-state index in [9.17, 15) is 5.11 Å². The molecule has 0 fully saturated rings. The molecule has 0 radical (unpaired) electrons. The van der Waals surface area contributed by atoms with Gasteiger partial charge in [-0.2, -0.15) is 0 Å². The highest BCUT2D eigenvalue weighted by molar-refractivity contribution is 5.45. The van der Waals surface area contributed by atoms with Crippen LogP contribution in [0.15, 0.2) is 12.1 Å². The van der Waals surface area contributed by atoms with Gasteiger partial charge < -0.3 is 5.11 Å². The van der Waals surface area contributed by atoms with Gasteiger partial charge in [0.1, 0.15) is 5.75 Å². The van der Waals surface area contributed by atoms with E-state index in [4.69, 9.17) is 0 Å². The number of phenols is 1. The number of aryl methyl sites for hydroxylation is 1. The summed E-state index contributed by atoms with van der Waals surface area (Å²) >= 11 is 0. The van der Waals surface area contributed by atoms with Crippen LogP contribution in [0.1, 0.15) is 36.6 Å². The first-order valence-corrected chi connectivity index (χ1v) is 5.50. The minimum atomic E-state index is 0.111. The van der Waals surface area contributed by atoms with Crippen LogP contribution in [0, 0.1) is 25.7 Å². The normalized spacial score (nSPS) is 11.8. The molecule has 0 amide bonds. The molecule has 2 N–H and O–H groups in total. The smallest absolute Gasteiger partial charge is 0.123 e. The van der Waals surface area contributed by atoms with E-state index in [-0.39, 0.29) is 6.04 Å². The lowest BCUT2D eigenvalue weighted by Gasteiger charge is -2.16. The number of hydrogen-bond donors (Lipinski definition) is 2. The average molecular weight is 217 g/mol. The van der Waals surface area contributed by atoms with Gasteiger partial charge in [0.25, 0.3) is 0 Å². The first-order chi connectivity index (χ1) is 7.57. The standard InChI is InChI=1S/C14H19NO/c1-5-6-9-15-12(4)13-8-7-10(2)11(3)14(13)16/h7-8,12,15-16H,9H2,1-4H3. The van der Waals surface area contributed by atoms with Crippen molar-refractivity contribution in [3.63, 3.8) is 0 Å². The molecule has 2 nitrogen and oxygen atoms in total. The van der Waals surface area contributed by atoms with Crippen LogP contribution in [0.4, 0.5) is 0 Å². The maximum Gasteiger partial charge on any atom is 0.123 e. The zero-order valence-electron chi connectivity index (χ0n) is 10.4. The Kier molecular flexibility index (Phi) is 4.39. The van der Waals surface area contributed by atoms with Crippen molar-refractivity contribution in [1.82, 2.24) is 5.32 Å². The summed E-state index contributed by atoms with van der Waals surface area (Å²) in [5.74, 6) is 6.18. The molecule has 0 aromatic heterocycles. The number of aromatic hydroxyl groups is 1. The van der Waals surface area contributed by atoms with Crippen LogP contribution in [-0.4, -0.2) is 11.7 Å². The highest BCUT2D eigenvalue weighted by Gasteiger charge is 2.11. The predicted molar refractivity (Wildman–Crippen MR) is 67.4 cm³/mol. The molecule has 0 spiro atoms. The molecular weight excluding hydrogens is 198 g/mol. The van der Waals surface area contributed by atoms with E-state index < -0.39 is 0 Å². The Morgan fingerprint density at radius 3 is 2.69 bits per heavy atom. The molecule has 0 saturated heterocycles. The van der Waals surface area contributed by atoms with E-state index in [2.05, 4.69) is 17.2 Å². The van der Waals surface area contributed by atoms with Crippen molar-refractivity contribution in [3.05, 3.63) is 28.8 Å². The van der Waals surface area contributed by atoms with Crippen molar-refractivity contribution >= 4 is 0 Å². The van der Waals surface area contributed by atoms with E-state index in [0.29, 0.717) is 12.3 Å². The fraction of sp³-hybridized carbons (Fsp3) is 0.429. The van der Waals surface area contributed by atoms with E-state index in [0.717, 1.165) is 16.7 Å². The molecule has 1 atom stereocenters. The third-order valence-electron chi connectivity index (χ3n) is 2.87. The molecule has 0 bridgehead atoms. The maximum atomic E-state index is 10.0. The Hall–Kier alpha value is -1.46. The number of nitrogens with one attached hydrogen (secondary N) is 1. The summed E-state index contributed by atoms with van der Waals surface area (Å²) in [5.41, 5.74) is 3.00. The van der Waals surface area contributed by atoms with Crippen molar-refractivity contribution in [3.8, 4) is 17.6 Å². The highest BCUT2D eigenvalue weighted by Crippen LogP contribution is 2.29. The quantitative estimate of drug-likeness (QED) is 0.763. The minimum absolute atomic E-state index is 0.111. The van der Waals surface area contributed by atoms with E-state index in [1.807, 2.05) is 39.8 Å². The van der Waals surface area contributed by atoms with Crippen molar-refractivity contribution in [1.29, 1.82) is 0 Å². The minimum Gasteiger partial charge on any atom is -0.507 e. The van der Waals surface area contributed by atoms with E-state index in [1.165, 1.54) is 0 Å². The summed E-state index contributed by atoms with van der Waals surface area (Å²) in [5, 5.41) is 13.3. The van der Waals surface area contributed by atoms with Gasteiger partial charge in [0.15, 0.2) is 0 Å². The van der Waals surface area contributed by atoms with Crippen LogP contribution in [0.25, 0.3) is 0 Å². The second-order valence-electron chi connectivity index (χ2n) is 3.97. The average Bonchev–Trinajstić information content (AvgIpc) is 2.26. The Labute approximate surface area is 97.7 Å². The zero-order chi connectivity index (χ0) is 12.1. The van der Waals surface area contributed by atoms with Crippen molar-refractivity contribution in [2.45, 2.75) is 33.7 Å². The van der Waals surface area contributed by atoms with Crippen LogP contribution in [0.2, 0.25) is 0 Å². The molecule has 0 aliphatic carbocycles. The second kappa shape index (κ2) is 5.58. The molecule has 0 aliphatic rings. The largest absolute Gasteiger partial charge is 0.507 e. The van der Waals surface area contributed by atoms with Crippen LogP contribution in [0.5, 0.6) is 5.75 Å². The number of phenolic OH excluding ortho intramolecular Hbond substituents is 1. The molecule has 1 aromatic rings. The first kappa shape index (κ1) is 12.6. The molecule has 1 rings (SSSR count). The summed E-state index contributed by atoms with van der Waals surface area (Å²) < 4.78 is 0. The lowest BCUT2D eigenvalue weighted by molar-refractivity contribution is 0.451. The summed E-state index contributed by atoms with van der Waals surface area (Å²) in [6, 6.07) is 4.11. The lowest BCUT2D eigenvalue weighted by Crippen LogP contribution is -2.19. The van der Waals surface area contributed by atoms with Crippen LogP contribution in [0.3, 0.4) is 0 Å². The Morgan fingerprint density at radius 2 is 2.06 bits per heavy atom. The van der Waals surface area contributed by atoms with Crippen LogP contribution >= 0.6 is 0 Å². The molecule has 0 saturated carbocycles. The third kappa shape index (κ3) is 2.77. The van der Waals surface area contributed by atoms with Crippen molar-refractivity contribution in [2.24, 2.45) is 0 Å². The summed E-state index contributed by atoms with van der Waals surface area (Å²) in [7, 11) is 0. The van der Waals surface area contributed by atoms with Gasteiger partial charge in [-0.1, -0.05) is 18.1 Å². The molecule has 0 heterocycles.